The summed E-state index contributed by atoms with van der Waals surface area (Å²) in [6, 6.07) is 0. The van der Waals surface area contributed by atoms with Crippen LogP contribution in [0.25, 0.3) is 0 Å². The molecule has 0 aromatic rings. The Hall–Kier alpha value is -0.520. The molecule has 0 unspecified atom stereocenters. The predicted molar refractivity (Wildman–Crippen MR) is 36.4 cm³/mol. The zero-order valence-electron chi connectivity index (χ0n) is 5.17. The van der Waals surface area contributed by atoms with Gasteiger partial charge in [0, 0.05) is 0 Å². The van der Waals surface area contributed by atoms with Crippen molar-refractivity contribution >= 4 is 0 Å². The van der Waals surface area contributed by atoms with E-state index in [-0.39, 0.29) is 0 Å². The number of hydrogen-bond donors (Lipinski definition) is 0. The molecule has 0 amide bonds. The van der Waals surface area contributed by atoms with Crippen LogP contribution in [0, 0.1) is 12.3 Å². The van der Waals surface area contributed by atoms with Gasteiger partial charge < -0.3 is 0 Å². The fraction of sp³-hybridized carbons (Fsp3) is 0.375. The van der Waals surface area contributed by atoms with Crippen LogP contribution >= 0.6 is 0 Å². The summed E-state index contributed by atoms with van der Waals surface area (Å²) in [6.45, 7) is 2.17. The van der Waals surface area contributed by atoms with Crippen LogP contribution in [-0.2, 0) is 0 Å². The minimum Gasteiger partial charge on any atom is -0.0773 e. The van der Waals surface area contributed by atoms with E-state index < -0.39 is 0 Å². The van der Waals surface area contributed by atoms with Crippen molar-refractivity contribution in [1.82, 2.24) is 0 Å². The second-order valence-corrected chi connectivity index (χ2v) is 1.99. The van der Waals surface area contributed by atoms with Crippen LogP contribution in [0.5, 0.6) is 0 Å². The lowest BCUT2D eigenvalue weighted by Crippen LogP contribution is -1.86. The lowest BCUT2D eigenvalue weighted by molar-refractivity contribution is 0.889. The van der Waals surface area contributed by atoms with E-state index >= 15 is 0 Å². The van der Waals surface area contributed by atoms with Crippen LogP contribution in [0.2, 0.25) is 0 Å². The van der Waals surface area contributed by atoms with Gasteiger partial charge in [-0.05, 0) is 12.3 Å². The van der Waals surface area contributed by atoms with Gasteiger partial charge in [0.1, 0.15) is 0 Å². The van der Waals surface area contributed by atoms with Crippen molar-refractivity contribution in [3.05, 3.63) is 30.7 Å². The van der Waals surface area contributed by atoms with Gasteiger partial charge in [-0.3, -0.25) is 0 Å². The molecule has 0 aromatic carbocycles. The molecule has 0 atom stereocenters. The summed E-state index contributed by atoms with van der Waals surface area (Å²) in [5.74, 6) is 0.625. The molecule has 1 rings (SSSR count). The number of rotatable bonds is 2. The maximum absolute atomic E-state index is 2.29. The molecule has 0 fully saturated rings. The highest BCUT2D eigenvalue weighted by molar-refractivity contribution is 5.20. The van der Waals surface area contributed by atoms with Crippen LogP contribution in [0.15, 0.2) is 24.3 Å². The van der Waals surface area contributed by atoms with Gasteiger partial charge in [-0.15, -0.1) is 0 Å². The summed E-state index contributed by atoms with van der Waals surface area (Å²) in [6.07, 6.45) is 12.0. The minimum atomic E-state index is 0.625. The van der Waals surface area contributed by atoms with E-state index in [1.165, 1.54) is 6.42 Å². The Balaban J connectivity index is 2.27. The highest BCUT2D eigenvalue weighted by Crippen LogP contribution is 2.12. The molecule has 0 aliphatic heterocycles. The summed E-state index contributed by atoms with van der Waals surface area (Å²) in [5.41, 5.74) is 0. The number of hydrogen-bond acceptors (Lipinski definition) is 0. The summed E-state index contributed by atoms with van der Waals surface area (Å²) in [7, 11) is 0. The zero-order valence-corrected chi connectivity index (χ0v) is 5.17. The fourth-order valence-corrected chi connectivity index (χ4v) is 0.878. The van der Waals surface area contributed by atoms with Gasteiger partial charge in [0.15, 0.2) is 0 Å². The predicted octanol–water partition coefficient (Wildman–Crippen LogP) is 2.34. The second-order valence-electron chi connectivity index (χ2n) is 1.99. The van der Waals surface area contributed by atoms with Crippen molar-refractivity contribution in [3.63, 3.8) is 0 Å². The minimum absolute atomic E-state index is 0.625. The van der Waals surface area contributed by atoms with Gasteiger partial charge >= 0.3 is 0 Å². The third-order valence-electron chi connectivity index (χ3n) is 1.29. The average molecular weight is 107 g/mol. The summed E-state index contributed by atoms with van der Waals surface area (Å²) in [5, 5.41) is 0. The van der Waals surface area contributed by atoms with Gasteiger partial charge in [-0.2, -0.15) is 0 Å². The first kappa shape index (κ1) is 5.61. The zero-order chi connectivity index (χ0) is 5.82. The SMILES string of the molecule is CC[CH]C1C=CC=C1. The molecule has 0 N–H and O–H groups in total. The lowest BCUT2D eigenvalue weighted by Gasteiger charge is -1.97. The first-order chi connectivity index (χ1) is 3.93. The van der Waals surface area contributed by atoms with Crippen molar-refractivity contribution in [1.29, 1.82) is 0 Å². The molecule has 0 aromatic heterocycles. The average Bonchev–Trinajstić information content (AvgIpc) is 2.19. The maximum Gasteiger partial charge on any atom is -0.00161 e. The van der Waals surface area contributed by atoms with Crippen molar-refractivity contribution < 1.29 is 0 Å². The van der Waals surface area contributed by atoms with Crippen LogP contribution < -0.4 is 0 Å². The van der Waals surface area contributed by atoms with E-state index in [0.29, 0.717) is 5.92 Å². The van der Waals surface area contributed by atoms with Crippen LogP contribution in [0.1, 0.15) is 13.3 Å². The summed E-state index contributed by atoms with van der Waals surface area (Å²) in [4.78, 5) is 0. The van der Waals surface area contributed by atoms with Gasteiger partial charge in [0.2, 0.25) is 0 Å². The van der Waals surface area contributed by atoms with Crippen molar-refractivity contribution in [2.75, 3.05) is 0 Å². The Morgan fingerprint density at radius 1 is 1.38 bits per heavy atom. The van der Waals surface area contributed by atoms with Crippen molar-refractivity contribution in [2.24, 2.45) is 5.92 Å². The first-order valence-electron chi connectivity index (χ1n) is 3.12. The van der Waals surface area contributed by atoms with Crippen LogP contribution in [0.3, 0.4) is 0 Å². The Labute approximate surface area is 50.9 Å². The highest BCUT2D eigenvalue weighted by atomic mass is 14.0. The third kappa shape index (κ3) is 1.22. The van der Waals surface area contributed by atoms with Gasteiger partial charge in [-0.25, -0.2) is 0 Å². The van der Waals surface area contributed by atoms with Crippen LogP contribution in [0.4, 0.5) is 0 Å². The maximum atomic E-state index is 2.29. The smallest absolute Gasteiger partial charge is 0.00161 e. The molecule has 8 heavy (non-hydrogen) atoms. The molecule has 1 aliphatic carbocycles. The van der Waals surface area contributed by atoms with E-state index in [4.69, 9.17) is 0 Å². The lowest BCUT2D eigenvalue weighted by atomic mass is 10.1. The molecule has 0 heteroatoms. The third-order valence-corrected chi connectivity index (χ3v) is 1.29. The Kier molecular flexibility index (Phi) is 1.90. The normalized spacial score (nSPS) is 18.1. The molecule has 0 bridgehead atoms. The molecule has 0 saturated heterocycles. The highest BCUT2D eigenvalue weighted by Gasteiger charge is 1.99. The van der Waals surface area contributed by atoms with Crippen molar-refractivity contribution in [2.45, 2.75) is 13.3 Å². The molecule has 0 saturated carbocycles. The summed E-state index contributed by atoms with van der Waals surface area (Å²) >= 11 is 0. The quantitative estimate of drug-likeness (QED) is 0.508. The Bertz CT molecular complexity index is 97.2. The molecule has 0 heterocycles. The Morgan fingerprint density at radius 2 is 2.00 bits per heavy atom. The van der Waals surface area contributed by atoms with E-state index in [2.05, 4.69) is 37.6 Å². The van der Waals surface area contributed by atoms with Crippen LogP contribution in [-0.4, -0.2) is 0 Å². The topological polar surface area (TPSA) is 0 Å². The van der Waals surface area contributed by atoms with E-state index in [0.717, 1.165) is 0 Å². The van der Waals surface area contributed by atoms with Gasteiger partial charge in [-0.1, -0.05) is 37.6 Å². The first-order valence-corrected chi connectivity index (χ1v) is 3.12. The van der Waals surface area contributed by atoms with E-state index in [1.807, 2.05) is 0 Å². The Morgan fingerprint density at radius 3 is 2.50 bits per heavy atom. The monoisotopic (exact) mass is 107 g/mol. The van der Waals surface area contributed by atoms with E-state index in [1.54, 1.807) is 0 Å². The van der Waals surface area contributed by atoms with Gasteiger partial charge in [0.05, 0.1) is 0 Å². The molecule has 43 valence electrons. The van der Waals surface area contributed by atoms with Crippen molar-refractivity contribution in [3.8, 4) is 0 Å². The standard InChI is InChI=1S/C8H11/c1-2-5-8-6-3-4-7-8/h3-8H,2H2,1H3. The largest absolute Gasteiger partial charge is 0.0773 e. The second kappa shape index (κ2) is 2.71. The molecule has 0 spiro atoms. The molecule has 1 radical (unpaired) electrons. The molecular formula is C8H11. The van der Waals surface area contributed by atoms with E-state index in [9.17, 15) is 0 Å². The van der Waals surface area contributed by atoms with Gasteiger partial charge in [0.25, 0.3) is 0 Å². The summed E-state index contributed by atoms with van der Waals surface area (Å²) < 4.78 is 0. The molecule has 0 nitrogen and oxygen atoms in total. The molecular weight excluding hydrogens is 96.1 g/mol. The number of allylic oxidation sites excluding steroid dienone is 4. The molecule has 1 aliphatic rings. The fourth-order valence-electron chi connectivity index (χ4n) is 0.878.